The molecule has 0 saturated carbocycles. The Hall–Kier alpha value is -1.20. The first kappa shape index (κ1) is 16.9. The summed E-state index contributed by atoms with van der Waals surface area (Å²) in [5, 5.41) is 6.58. The molecule has 2 N–H and O–H groups in total. The van der Waals surface area contributed by atoms with Crippen LogP contribution < -0.4 is 10.6 Å². The number of hydrogen-bond acceptors (Lipinski definition) is 3. The second-order valence-corrected chi connectivity index (χ2v) is 5.28. The summed E-state index contributed by atoms with van der Waals surface area (Å²) in [6, 6.07) is 8.46. The molecule has 0 unspecified atom stereocenters. The predicted octanol–water partition coefficient (Wildman–Crippen LogP) is 2.25. The quantitative estimate of drug-likeness (QED) is 0.439. The van der Waals surface area contributed by atoms with Crippen molar-refractivity contribution in [3.8, 4) is 0 Å². The van der Waals surface area contributed by atoms with Gasteiger partial charge in [0.25, 0.3) is 0 Å². The number of aliphatic imine (C=N–C) groups is 1. The Morgan fingerprint density at radius 1 is 1.20 bits per heavy atom. The molecule has 4 nitrogen and oxygen atoms in total. The van der Waals surface area contributed by atoms with E-state index in [1.807, 2.05) is 18.7 Å². The van der Waals surface area contributed by atoms with Crippen LogP contribution in [0.4, 0.5) is 0 Å². The molecule has 1 aromatic rings. The van der Waals surface area contributed by atoms with Crippen LogP contribution >= 0.6 is 11.8 Å². The number of guanidine groups is 1. The second-order valence-electron chi connectivity index (χ2n) is 4.30. The molecule has 0 fully saturated rings. The van der Waals surface area contributed by atoms with Gasteiger partial charge in [-0.25, -0.2) is 0 Å². The smallest absolute Gasteiger partial charge is 0.191 e. The molecular formula is C15H25N3OS. The van der Waals surface area contributed by atoms with Gasteiger partial charge in [-0.05, 0) is 24.3 Å². The Morgan fingerprint density at radius 3 is 2.50 bits per heavy atom. The molecule has 0 saturated heterocycles. The van der Waals surface area contributed by atoms with Gasteiger partial charge in [0.15, 0.2) is 5.96 Å². The van der Waals surface area contributed by atoms with Crippen LogP contribution in [-0.4, -0.2) is 38.2 Å². The Morgan fingerprint density at radius 2 is 1.90 bits per heavy atom. The molecule has 0 amide bonds. The number of hydrogen-bond donors (Lipinski definition) is 2. The van der Waals surface area contributed by atoms with Gasteiger partial charge < -0.3 is 15.4 Å². The molecule has 0 heterocycles. The first-order chi connectivity index (χ1) is 9.80. The van der Waals surface area contributed by atoms with Gasteiger partial charge in [0, 0.05) is 32.5 Å². The molecule has 5 heteroatoms. The van der Waals surface area contributed by atoms with E-state index in [0.29, 0.717) is 6.61 Å². The molecule has 20 heavy (non-hydrogen) atoms. The molecule has 1 aromatic carbocycles. The van der Waals surface area contributed by atoms with E-state index in [9.17, 15) is 0 Å². The lowest BCUT2D eigenvalue weighted by Crippen LogP contribution is -2.37. The fraction of sp³-hybridized carbons (Fsp3) is 0.533. The minimum Gasteiger partial charge on any atom is -0.377 e. The Balaban J connectivity index is 2.36. The highest BCUT2D eigenvalue weighted by Gasteiger charge is 1.98. The highest BCUT2D eigenvalue weighted by molar-refractivity contribution is 7.98. The maximum absolute atomic E-state index is 5.38. The maximum atomic E-state index is 5.38. The van der Waals surface area contributed by atoms with Crippen LogP contribution in [0.1, 0.15) is 18.1 Å². The monoisotopic (exact) mass is 295 g/mol. The Kier molecular flexibility index (Phi) is 8.91. The van der Waals surface area contributed by atoms with Crippen LogP contribution in [0.3, 0.4) is 0 Å². The van der Waals surface area contributed by atoms with Crippen LogP contribution in [0.25, 0.3) is 0 Å². The molecule has 0 aliphatic carbocycles. The summed E-state index contributed by atoms with van der Waals surface area (Å²) in [5.74, 6) is 1.92. The molecule has 0 radical (unpaired) electrons. The summed E-state index contributed by atoms with van der Waals surface area (Å²) >= 11 is 1.82. The number of thioether (sulfide) groups is 1. The number of rotatable bonds is 8. The number of benzene rings is 1. The SMILES string of the molecule is CCOCc1ccc(CNC(=NC)NCCSC)cc1. The van der Waals surface area contributed by atoms with Gasteiger partial charge >= 0.3 is 0 Å². The average molecular weight is 295 g/mol. The standard InChI is InChI=1S/C15H25N3OS/c1-4-19-12-14-7-5-13(6-8-14)11-18-15(16-2)17-9-10-20-3/h5-8H,4,9-12H2,1-3H3,(H2,16,17,18). The van der Waals surface area contributed by atoms with Gasteiger partial charge in [-0.15, -0.1) is 0 Å². The highest BCUT2D eigenvalue weighted by atomic mass is 32.2. The molecule has 0 aliphatic heterocycles. The normalized spacial score (nSPS) is 11.4. The molecule has 0 atom stereocenters. The van der Waals surface area contributed by atoms with Crippen molar-refractivity contribution in [2.24, 2.45) is 4.99 Å². The molecule has 0 aromatic heterocycles. The van der Waals surface area contributed by atoms with Crippen molar-refractivity contribution in [2.45, 2.75) is 20.1 Å². The molecular weight excluding hydrogens is 270 g/mol. The first-order valence-electron chi connectivity index (χ1n) is 6.89. The zero-order valence-corrected chi connectivity index (χ0v) is 13.4. The third-order valence-electron chi connectivity index (χ3n) is 2.78. The molecule has 1 rings (SSSR count). The lowest BCUT2D eigenvalue weighted by Gasteiger charge is -2.11. The molecule has 0 spiro atoms. The predicted molar refractivity (Wildman–Crippen MR) is 88.4 cm³/mol. The number of ether oxygens (including phenoxy) is 1. The lowest BCUT2D eigenvalue weighted by molar-refractivity contribution is 0.134. The number of nitrogens with zero attached hydrogens (tertiary/aromatic N) is 1. The van der Waals surface area contributed by atoms with Crippen molar-refractivity contribution in [2.75, 3.05) is 32.2 Å². The van der Waals surface area contributed by atoms with Gasteiger partial charge in [0.1, 0.15) is 0 Å². The number of nitrogens with one attached hydrogen (secondary N) is 2. The maximum Gasteiger partial charge on any atom is 0.191 e. The fourth-order valence-electron chi connectivity index (χ4n) is 1.65. The van der Waals surface area contributed by atoms with E-state index >= 15 is 0 Å². The van der Waals surface area contributed by atoms with Crippen molar-refractivity contribution in [3.63, 3.8) is 0 Å². The summed E-state index contributed by atoms with van der Waals surface area (Å²) < 4.78 is 5.38. The van der Waals surface area contributed by atoms with E-state index in [2.05, 4.69) is 46.1 Å². The van der Waals surface area contributed by atoms with Gasteiger partial charge in [-0.3, -0.25) is 4.99 Å². The van der Waals surface area contributed by atoms with Crippen LogP contribution in [0.2, 0.25) is 0 Å². The lowest BCUT2D eigenvalue weighted by atomic mass is 10.1. The van der Waals surface area contributed by atoms with Gasteiger partial charge in [0.05, 0.1) is 6.61 Å². The summed E-state index contributed by atoms with van der Waals surface area (Å²) in [5.41, 5.74) is 2.44. The fourth-order valence-corrected chi connectivity index (χ4v) is 1.96. The first-order valence-corrected chi connectivity index (χ1v) is 8.28. The summed E-state index contributed by atoms with van der Waals surface area (Å²) in [7, 11) is 1.79. The molecule has 0 aliphatic rings. The minimum atomic E-state index is 0.683. The van der Waals surface area contributed by atoms with Gasteiger partial charge in [0.2, 0.25) is 0 Å². The minimum absolute atomic E-state index is 0.683. The van der Waals surface area contributed by atoms with E-state index in [1.165, 1.54) is 11.1 Å². The summed E-state index contributed by atoms with van der Waals surface area (Å²) in [4.78, 5) is 4.20. The van der Waals surface area contributed by atoms with E-state index in [0.717, 1.165) is 31.4 Å². The second kappa shape index (κ2) is 10.6. The zero-order valence-electron chi connectivity index (χ0n) is 12.6. The topological polar surface area (TPSA) is 45.6 Å². The third-order valence-corrected chi connectivity index (χ3v) is 3.39. The zero-order chi connectivity index (χ0) is 14.6. The van der Waals surface area contributed by atoms with Gasteiger partial charge in [-0.2, -0.15) is 11.8 Å². The van der Waals surface area contributed by atoms with E-state index in [1.54, 1.807) is 7.05 Å². The van der Waals surface area contributed by atoms with Crippen LogP contribution in [0.15, 0.2) is 29.3 Å². The van der Waals surface area contributed by atoms with Crippen molar-refractivity contribution >= 4 is 17.7 Å². The Labute approximate surface area is 126 Å². The van der Waals surface area contributed by atoms with Crippen molar-refractivity contribution in [1.29, 1.82) is 0 Å². The van der Waals surface area contributed by atoms with Crippen molar-refractivity contribution < 1.29 is 4.74 Å². The largest absolute Gasteiger partial charge is 0.377 e. The van der Waals surface area contributed by atoms with Crippen molar-refractivity contribution in [3.05, 3.63) is 35.4 Å². The summed E-state index contributed by atoms with van der Waals surface area (Å²) in [6.07, 6.45) is 2.10. The third kappa shape index (κ3) is 6.82. The van der Waals surface area contributed by atoms with E-state index in [4.69, 9.17) is 4.74 Å². The highest BCUT2D eigenvalue weighted by Crippen LogP contribution is 2.05. The van der Waals surface area contributed by atoms with Crippen LogP contribution in [0.5, 0.6) is 0 Å². The molecule has 112 valence electrons. The Bertz CT molecular complexity index is 393. The summed E-state index contributed by atoms with van der Waals surface area (Å²) in [6.45, 7) is 5.14. The molecule has 0 bridgehead atoms. The van der Waals surface area contributed by atoms with Gasteiger partial charge in [-0.1, -0.05) is 24.3 Å². The average Bonchev–Trinajstić information content (AvgIpc) is 2.49. The van der Waals surface area contributed by atoms with E-state index < -0.39 is 0 Å². The van der Waals surface area contributed by atoms with Crippen LogP contribution in [0, 0.1) is 0 Å². The van der Waals surface area contributed by atoms with Crippen LogP contribution in [-0.2, 0) is 17.9 Å². The van der Waals surface area contributed by atoms with E-state index in [-0.39, 0.29) is 0 Å². The van der Waals surface area contributed by atoms with Crippen molar-refractivity contribution in [1.82, 2.24) is 10.6 Å².